The molecule has 0 atom stereocenters. The van der Waals surface area contributed by atoms with Crippen molar-refractivity contribution in [2.24, 2.45) is 0 Å². The number of nitrogen functional groups attached to an aromatic ring is 1. The third-order valence-corrected chi connectivity index (χ3v) is 4.33. The summed E-state index contributed by atoms with van der Waals surface area (Å²) in [5.74, 6) is 0. The fourth-order valence-corrected chi connectivity index (χ4v) is 3.28. The molecule has 2 aromatic rings. The predicted octanol–water partition coefficient (Wildman–Crippen LogP) is 3.40. The van der Waals surface area contributed by atoms with Crippen molar-refractivity contribution in [3.8, 4) is 11.1 Å². The normalized spacial score (nSPS) is 11.3. The third kappa shape index (κ3) is 2.83. The summed E-state index contributed by atoms with van der Waals surface area (Å²) in [7, 11) is -4.52. The Hall–Kier alpha value is -1.47. The van der Waals surface area contributed by atoms with Crippen LogP contribution in [0.2, 0.25) is 5.02 Å². The highest BCUT2D eigenvalue weighted by Gasteiger charge is 2.23. The molecule has 0 amide bonds. The molecule has 0 bridgehead atoms. The summed E-state index contributed by atoms with van der Waals surface area (Å²) in [5, 5.41) is -0.183. The first kappa shape index (κ1) is 14.9. The van der Waals surface area contributed by atoms with Crippen LogP contribution < -0.4 is 10.6 Å². The van der Waals surface area contributed by atoms with Gasteiger partial charge in [-0.25, -0.2) is 0 Å². The summed E-state index contributed by atoms with van der Waals surface area (Å²) in [6.45, 7) is 0. The first-order chi connectivity index (χ1) is 9.34. The number of hydrogen-bond donors (Lipinski definition) is 3. The minimum atomic E-state index is -4.52. The lowest BCUT2D eigenvalue weighted by atomic mass is 10.0. The van der Waals surface area contributed by atoms with Crippen molar-refractivity contribution in [3.63, 3.8) is 0 Å². The minimum absolute atomic E-state index is 0.181. The predicted molar refractivity (Wildman–Crippen MR) is 80.6 cm³/mol. The first-order valence-electron chi connectivity index (χ1n) is 5.37. The van der Waals surface area contributed by atoms with Gasteiger partial charge in [0.1, 0.15) is 4.90 Å². The smallest absolute Gasteiger partial charge is 0.296 e. The van der Waals surface area contributed by atoms with Gasteiger partial charge in [0, 0.05) is 23.0 Å². The second-order valence-corrected chi connectivity index (χ2v) is 5.92. The van der Waals surface area contributed by atoms with E-state index in [2.05, 4.69) is 4.84 Å². The molecule has 0 aliphatic carbocycles. The Bertz CT molecular complexity index is 746. The third-order valence-electron chi connectivity index (χ3n) is 2.68. The van der Waals surface area contributed by atoms with E-state index in [-0.39, 0.29) is 16.3 Å². The summed E-state index contributed by atoms with van der Waals surface area (Å²) in [6, 6.07) is 9.49. The van der Waals surface area contributed by atoms with E-state index in [4.69, 9.17) is 29.1 Å². The molecule has 2 aromatic carbocycles. The van der Waals surface area contributed by atoms with Gasteiger partial charge in [0.2, 0.25) is 0 Å². The molecule has 106 valence electrons. The molecular weight excluding hydrogens is 323 g/mol. The summed E-state index contributed by atoms with van der Waals surface area (Å²) in [4.78, 5) is 1.83. The lowest BCUT2D eigenvalue weighted by molar-refractivity contribution is 0.483. The number of nitrogens with two attached hydrogens (primary N) is 1. The second-order valence-electron chi connectivity index (χ2n) is 4.00. The summed E-state index contributed by atoms with van der Waals surface area (Å²) in [5.41, 5.74) is 7.11. The lowest BCUT2D eigenvalue weighted by Gasteiger charge is -2.12. The van der Waals surface area contributed by atoms with Crippen LogP contribution in [-0.2, 0) is 10.1 Å². The highest BCUT2D eigenvalue weighted by Crippen LogP contribution is 2.38. The quantitative estimate of drug-likeness (QED) is 0.455. The van der Waals surface area contributed by atoms with Gasteiger partial charge in [0.05, 0.1) is 10.7 Å². The van der Waals surface area contributed by atoms with Gasteiger partial charge in [-0.2, -0.15) is 8.42 Å². The fraction of sp³-hybridized carbons (Fsp3) is 0. The molecule has 0 radical (unpaired) electrons. The van der Waals surface area contributed by atoms with Crippen LogP contribution in [-0.4, -0.2) is 13.0 Å². The Morgan fingerprint density at radius 1 is 1.10 bits per heavy atom. The number of halogens is 2. The molecule has 5 nitrogen and oxygen atoms in total. The average molecular weight is 333 g/mol. The van der Waals surface area contributed by atoms with Crippen LogP contribution in [0.25, 0.3) is 11.1 Å². The van der Waals surface area contributed by atoms with E-state index in [9.17, 15) is 13.0 Å². The monoisotopic (exact) mass is 332 g/mol. The van der Waals surface area contributed by atoms with Crippen molar-refractivity contribution in [3.05, 3.63) is 41.4 Å². The SMILES string of the molecule is Nc1ccc(-c2ccc(NCl)c(Cl)c2S(=O)(=O)O)cc1. The molecule has 0 aliphatic heterocycles. The standard InChI is InChI=1S/C12H10Cl2N2O3S/c13-11-10(16-14)6-5-9(12(11)20(17,18)19)7-1-3-8(15)4-2-7/h1-6,16H,15H2,(H,17,18,19). The fourth-order valence-electron chi connectivity index (χ4n) is 1.77. The molecule has 0 saturated heterocycles. The summed E-state index contributed by atoms with van der Waals surface area (Å²) < 4.78 is 32.5. The Morgan fingerprint density at radius 3 is 2.20 bits per heavy atom. The van der Waals surface area contributed by atoms with Crippen molar-refractivity contribution in [1.29, 1.82) is 0 Å². The largest absolute Gasteiger partial charge is 0.399 e. The average Bonchev–Trinajstić information content (AvgIpc) is 2.37. The summed E-state index contributed by atoms with van der Waals surface area (Å²) in [6.07, 6.45) is 0. The zero-order chi connectivity index (χ0) is 14.9. The van der Waals surface area contributed by atoms with E-state index in [1.807, 2.05) is 0 Å². The van der Waals surface area contributed by atoms with Crippen LogP contribution in [0.1, 0.15) is 0 Å². The Balaban J connectivity index is 2.77. The minimum Gasteiger partial charge on any atom is -0.399 e. The number of rotatable bonds is 3. The highest BCUT2D eigenvalue weighted by molar-refractivity contribution is 7.86. The van der Waals surface area contributed by atoms with Crippen LogP contribution in [0, 0.1) is 0 Å². The van der Waals surface area contributed by atoms with E-state index in [1.165, 1.54) is 12.1 Å². The molecule has 0 aromatic heterocycles. The van der Waals surface area contributed by atoms with Crippen molar-refractivity contribution in [2.75, 3.05) is 10.6 Å². The van der Waals surface area contributed by atoms with E-state index in [1.54, 1.807) is 24.3 Å². The van der Waals surface area contributed by atoms with Gasteiger partial charge in [-0.1, -0.05) is 29.8 Å². The molecule has 4 N–H and O–H groups in total. The highest BCUT2D eigenvalue weighted by atomic mass is 35.5. The van der Waals surface area contributed by atoms with Crippen LogP contribution >= 0.6 is 23.4 Å². The van der Waals surface area contributed by atoms with Crippen molar-refractivity contribution in [1.82, 2.24) is 0 Å². The zero-order valence-electron chi connectivity index (χ0n) is 9.97. The van der Waals surface area contributed by atoms with Crippen molar-refractivity contribution in [2.45, 2.75) is 4.90 Å². The topological polar surface area (TPSA) is 92.4 Å². The van der Waals surface area contributed by atoms with E-state index in [0.717, 1.165) is 0 Å². The Morgan fingerprint density at radius 2 is 1.70 bits per heavy atom. The molecule has 0 aliphatic rings. The van der Waals surface area contributed by atoms with Crippen LogP contribution in [0.4, 0.5) is 11.4 Å². The first-order valence-corrected chi connectivity index (χ1v) is 7.56. The van der Waals surface area contributed by atoms with Gasteiger partial charge < -0.3 is 5.73 Å². The Kier molecular flexibility index (Phi) is 4.10. The van der Waals surface area contributed by atoms with Gasteiger partial charge in [0.25, 0.3) is 10.1 Å². The molecule has 20 heavy (non-hydrogen) atoms. The van der Waals surface area contributed by atoms with Crippen molar-refractivity contribution < 1.29 is 13.0 Å². The summed E-state index contributed by atoms with van der Waals surface area (Å²) >= 11 is 11.4. The second kappa shape index (κ2) is 5.49. The molecule has 0 fully saturated rings. The van der Waals surface area contributed by atoms with E-state index < -0.39 is 15.0 Å². The maximum atomic E-state index is 11.6. The number of hydrogen-bond acceptors (Lipinski definition) is 4. The number of anilines is 2. The molecule has 0 unspecified atom stereocenters. The maximum Gasteiger partial charge on any atom is 0.296 e. The zero-order valence-corrected chi connectivity index (χ0v) is 12.3. The molecule has 0 saturated carbocycles. The molecule has 2 rings (SSSR count). The van der Waals surface area contributed by atoms with E-state index in [0.29, 0.717) is 11.3 Å². The van der Waals surface area contributed by atoms with Gasteiger partial charge >= 0.3 is 0 Å². The van der Waals surface area contributed by atoms with Gasteiger partial charge in [0.15, 0.2) is 0 Å². The molecule has 0 spiro atoms. The van der Waals surface area contributed by atoms with E-state index >= 15 is 0 Å². The number of nitrogens with one attached hydrogen (secondary N) is 1. The van der Waals surface area contributed by atoms with Crippen LogP contribution in [0.15, 0.2) is 41.3 Å². The van der Waals surface area contributed by atoms with Crippen LogP contribution in [0.5, 0.6) is 0 Å². The van der Waals surface area contributed by atoms with Gasteiger partial charge in [-0.05, 0) is 23.8 Å². The Labute approximate surface area is 126 Å². The maximum absolute atomic E-state index is 11.6. The van der Waals surface area contributed by atoms with Crippen molar-refractivity contribution >= 4 is 44.9 Å². The molecule has 0 heterocycles. The van der Waals surface area contributed by atoms with Gasteiger partial charge in [-0.3, -0.25) is 9.39 Å². The van der Waals surface area contributed by atoms with Crippen LogP contribution in [0.3, 0.4) is 0 Å². The van der Waals surface area contributed by atoms with Gasteiger partial charge in [-0.15, -0.1) is 0 Å². The number of benzene rings is 2. The molecular formula is C12H10Cl2N2O3S. The molecule has 8 heteroatoms. The lowest BCUT2D eigenvalue weighted by Crippen LogP contribution is -2.03.